The fourth-order valence-corrected chi connectivity index (χ4v) is 2.53. The number of carbonyl (C=O) groups is 1. The maximum absolute atomic E-state index is 11.5. The van der Waals surface area contributed by atoms with Gasteiger partial charge in [0.15, 0.2) is 0 Å². The van der Waals surface area contributed by atoms with Crippen molar-refractivity contribution in [2.75, 3.05) is 20.3 Å². The first kappa shape index (κ1) is 13.5. The molecule has 0 amide bonds. The standard InChI is InChI=1S/C12H23NO3/c1-10-6-3-4-7-12(10,11(14)15)13-8-5-9-16-2/h10,13H,3-9H2,1-2H3,(H,14,15). The summed E-state index contributed by atoms with van der Waals surface area (Å²) in [6, 6.07) is 0. The number of aliphatic carboxylic acids is 1. The average Bonchev–Trinajstić information content (AvgIpc) is 2.26. The molecule has 2 N–H and O–H groups in total. The van der Waals surface area contributed by atoms with Gasteiger partial charge in [-0.25, -0.2) is 0 Å². The van der Waals surface area contributed by atoms with Crippen LogP contribution in [-0.4, -0.2) is 36.9 Å². The van der Waals surface area contributed by atoms with Gasteiger partial charge >= 0.3 is 5.97 Å². The van der Waals surface area contributed by atoms with Gasteiger partial charge in [-0.2, -0.15) is 0 Å². The zero-order valence-corrected chi connectivity index (χ0v) is 10.3. The summed E-state index contributed by atoms with van der Waals surface area (Å²) in [7, 11) is 1.66. The van der Waals surface area contributed by atoms with Crippen LogP contribution in [0.25, 0.3) is 0 Å². The van der Waals surface area contributed by atoms with E-state index >= 15 is 0 Å². The topological polar surface area (TPSA) is 58.6 Å². The zero-order chi connectivity index (χ0) is 12.0. The fourth-order valence-electron chi connectivity index (χ4n) is 2.53. The molecule has 1 aliphatic rings. The minimum atomic E-state index is -0.702. The van der Waals surface area contributed by atoms with Gasteiger partial charge in [-0.3, -0.25) is 4.79 Å². The first-order valence-electron chi connectivity index (χ1n) is 6.11. The Balaban J connectivity index is 2.54. The summed E-state index contributed by atoms with van der Waals surface area (Å²) < 4.78 is 4.96. The molecule has 0 bridgehead atoms. The highest BCUT2D eigenvalue weighted by Crippen LogP contribution is 2.33. The van der Waals surface area contributed by atoms with E-state index in [-0.39, 0.29) is 5.92 Å². The molecule has 0 aromatic heterocycles. The van der Waals surface area contributed by atoms with Gasteiger partial charge in [0.25, 0.3) is 0 Å². The maximum Gasteiger partial charge on any atom is 0.324 e. The first-order valence-corrected chi connectivity index (χ1v) is 6.11. The lowest BCUT2D eigenvalue weighted by Gasteiger charge is -2.39. The van der Waals surface area contributed by atoms with Crippen LogP contribution in [0.5, 0.6) is 0 Å². The predicted molar refractivity (Wildman–Crippen MR) is 62.5 cm³/mol. The van der Waals surface area contributed by atoms with Crippen molar-refractivity contribution in [1.29, 1.82) is 0 Å². The van der Waals surface area contributed by atoms with Crippen molar-refractivity contribution < 1.29 is 14.6 Å². The van der Waals surface area contributed by atoms with Crippen molar-refractivity contribution in [2.24, 2.45) is 5.92 Å². The monoisotopic (exact) mass is 229 g/mol. The molecule has 0 aliphatic heterocycles. The summed E-state index contributed by atoms with van der Waals surface area (Å²) in [5.74, 6) is -0.488. The molecule has 0 aromatic carbocycles. The predicted octanol–water partition coefficient (Wildman–Crippen LogP) is 1.65. The molecule has 0 aromatic rings. The molecule has 4 nitrogen and oxygen atoms in total. The molecular weight excluding hydrogens is 206 g/mol. The molecule has 1 fully saturated rings. The number of hydrogen-bond acceptors (Lipinski definition) is 3. The highest BCUT2D eigenvalue weighted by atomic mass is 16.5. The third-order valence-electron chi connectivity index (χ3n) is 3.65. The van der Waals surface area contributed by atoms with Crippen LogP contribution >= 0.6 is 0 Å². The Morgan fingerprint density at radius 2 is 2.31 bits per heavy atom. The lowest BCUT2D eigenvalue weighted by molar-refractivity contribution is -0.149. The quantitative estimate of drug-likeness (QED) is 0.680. The Hall–Kier alpha value is -0.610. The molecule has 16 heavy (non-hydrogen) atoms. The summed E-state index contributed by atoms with van der Waals surface area (Å²) in [6.07, 6.45) is 4.77. The summed E-state index contributed by atoms with van der Waals surface area (Å²) >= 11 is 0. The highest BCUT2D eigenvalue weighted by Gasteiger charge is 2.44. The molecule has 0 saturated heterocycles. The third kappa shape index (κ3) is 2.95. The van der Waals surface area contributed by atoms with Crippen LogP contribution in [0.15, 0.2) is 0 Å². The molecule has 1 saturated carbocycles. The minimum Gasteiger partial charge on any atom is -0.480 e. The molecule has 0 spiro atoms. The van der Waals surface area contributed by atoms with Gasteiger partial charge in [0, 0.05) is 13.7 Å². The fraction of sp³-hybridized carbons (Fsp3) is 0.917. The molecule has 0 radical (unpaired) electrons. The van der Waals surface area contributed by atoms with Crippen molar-refractivity contribution in [3.63, 3.8) is 0 Å². The van der Waals surface area contributed by atoms with Gasteiger partial charge < -0.3 is 15.2 Å². The molecule has 2 atom stereocenters. The lowest BCUT2D eigenvalue weighted by Crippen LogP contribution is -2.58. The van der Waals surface area contributed by atoms with E-state index in [4.69, 9.17) is 4.74 Å². The van der Waals surface area contributed by atoms with Crippen molar-refractivity contribution in [3.8, 4) is 0 Å². The minimum absolute atomic E-state index is 0.210. The number of carboxylic acids is 1. The van der Waals surface area contributed by atoms with Gasteiger partial charge in [0.05, 0.1) is 0 Å². The third-order valence-corrected chi connectivity index (χ3v) is 3.65. The van der Waals surface area contributed by atoms with Crippen LogP contribution in [-0.2, 0) is 9.53 Å². The summed E-state index contributed by atoms with van der Waals surface area (Å²) in [5.41, 5.74) is -0.702. The number of ether oxygens (including phenoxy) is 1. The second-order valence-electron chi connectivity index (χ2n) is 4.70. The normalized spacial score (nSPS) is 30.2. The Kier molecular flexibility index (Phi) is 5.22. The SMILES string of the molecule is COCCCNC1(C(=O)O)CCCCC1C. The first-order chi connectivity index (χ1) is 7.63. The molecule has 1 aliphatic carbocycles. The van der Waals surface area contributed by atoms with E-state index in [0.717, 1.165) is 32.1 Å². The Bertz CT molecular complexity index is 232. The lowest BCUT2D eigenvalue weighted by atomic mass is 9.73. The molecule has 0 heterocycles. The zero-order valence-electron chi connectivity index (χ0n) is 10.3. The van der Waals surface area contributed by atoms with Gasteiger partial charge in [0.1, 0.15) is 5.54 Å². The van der Waals surface area contributed by atoms with Crippen molar-refractivity contribution >= 4 is 5.97 Å². The Morgan fingerprint density at radius 3 is 2.88 bits per heavy atom. The second-order valence-corrected chi connectivity index (χ2v) is 4.70. The molecule has 94 valence electrons. The number of nitrogens with one attached hydrogen (secondary N) is 1. The number of carboxylic acid groups (broad SMARTS) is 1. The molecular formula is C12H23NO3. The van der Waals surface area contributed by atoms with E-state index < -0.39 is 11.5 Å². The average molecular weight is 229 g/mol. The van der Waals surface area contributed by atoms with Crippen molar-refractivity contribution in [2.45, 2.75) is 44.6 Å². The number of rotatable bonds is 6. The van der Waals surface area contributed by atoms with Crippen LogP contribution in [0.2, 0.25) is 0 Å². The van der Waals surface area contributed by atoms with Crippen LogP contribution in [0.3, 0.4) is 0 Å². The van der Waals surface area contributed by atoms with Gasteiger partial charge in [-0.05, 0) is 31.7 Å². The van der Waals surface area contributed by atoms with Gasteiger partial charge in [0.2, 0.25) is 0 Å². The largest absolute Gasteiger partial charge is 0.480 e. The number of methoxy groups -OCH3 is 1. The second kappa shape index (κ2) is 6.21. The highest BCUT2D eigenvalue weighted by molar-refractivity contribution is 5.79. The Morgan fingerprint density at radius 1 is 1.56 bits per heavy atom. The molecule has 1 rings (SSSR count). The molecule has 4 heteroatoms. The van der Waals surface area contributed by atoms with Crippen LogP contribution in [0, 0.1) is 5.92 Å². The van der Waals surface area contributed by atoms with E-state index in [1.807, 2.05) is 6.92 Å². The van der Waals surface area contributed by atoms with E-state index in [2.05, 4.69) is 5.32 Å². The van der Waals surface area contributed by atoms with Crippen LogP contribution in [0.1, 0.15) is 39.0 Å². The smallest absolute Gasteiger partial charge is 0.324 e. The van der Waals surface area contributed by atoms with Crippen LogP contribution in [0.4, 0.5) is 0 Å². The maximum atomic E-state index is 11.5. The van der Waals surface area contributed by atoms with E-state index in [1.54, 1.807) is 7.11 Å². The van der Waals surface area contributed by atoms with Gasteiger partial charge in [-0.15, -0.1) is 0 Å². The van der Waals surface area contributed by atoms with E-state index in [9.17, 15) is 9.90 Å². The number of hydrogen-bond donors (Lipinski definition) is 2. The van der Waals surface area contributed by atoms with Crippen molar-refractivity contribution in [1.82, 2.24) is 5.32 Å². The summed E-state index contributed by atoms with van der Waals surface area (Å²) in [5, 5.41) is 12.7. The van der Waals surface area contributed by atoms with Crippen molar-refractivity contribution in [3.05, 3.63) is 0 Å². The molecule has 2 unspecified atom stereocenters. The Labute approximate surface area is 97.4 Å². The summed E-state index contributed by atoms with van der Waals surface area (Å²) in [4.78, 5) is 11.5. The van der Waals surface area contributed by atoms with Gasteiger partial charge in [-0.1, -0.05) is 19.8 Å². The van der Waals surface area contributed by atoms with E-state index in [0.29, 0.717) is 13.2 Å². The van der Waals surface area contributed by atoms with Crippen LogP contribution < -0.4 is 5.32 Å². The summed E-state index contributed by atoms with van der Waals surface area (Å²) in [6.45, 7) is 3.43. The van der Waals surface area contributed by atoms with E-state index in [1.165, 1.54) is 0 Å².